The molecular weight excluding hydrogens is 306 g/mol. The third-order valence-electron chi connectivity index (χ3n) is 4.82. The minimum atomic E-state index is -3.49. The summed E-state index contributed by atoms with van der Waals surface area (Å²) in [6, 6.07) is 15.2. The van der Waals surface area contributed by atoms with Crippen molar-refractivity contribution in [2.45, 2.75) is 43.5 Å². The van der Waals surface area contributed by atoms with Crippen LogP contribution >= 0.6 is 0 Å². The van der Waals surface area contributed by atoms with Crippen LogP contribution in [0.1, 0.15) is 42.5 Å². The molecular formula is C19H23NO2S. The molecule has 3 rings (SSSR count). The van der Waals surface area contributed by atoms with Crippen LogP contribution in [0.3, 0.4) is 0 Å². The van der Waals surface area contributed by atoms with Crippen molar-refractivity contribution < 1.29 is 8.42 Å². The van der Waals surface area contributed by atoms with Gasteiger partial charge in [0.15, 0.2) is 0 Å². The Morgan fingerprint density at radius 2 is 1.61 bits per heavy atom. The van der Waals surface area contributed by atoms with Gasteiger partial charge in [0.2, 0.25) is 10.0 Å². The predicted octanol–water partition coefficient (Wildman–Crippen LogP) is 3.95. The summed E-state index contributed by atoms with van der Waals surface area (Å²) in [6.07, 6.45) is 4.39. The number of hydrogen-bond acceptors (Lipinski definition) is 2. The second-order valence-corrected chi connectivity index (χ2v) is 8.24. The van der Waals surface area contributed by atoms with Crippen molar-refractivity contribution in [3.8, 4) is 0 Å². The minimum absolute atomic E-state index is 0.197. The van der Waals surface area contributed by atoms with Gasteiger partial charge in [-0.3, -0.25) is 0 Å². The van der Waals surface area contributed by atoms with E-state index < -0.39 is 10.0 Å². The van der Waals surface area contributed by atoms with Gasteiger partial charge in [-0.2, -0.15) is 4.31 Å². The van der Waals surface area contributed by atoms with Crippen LogP contribution in [0.5, 0.6) is 0 Å². The number of nitrogens with zero attached hydrogens (tertiary/aromatic N) is 1. The van der Waals surface area contributed by atoms with Gasteiger partial charge in [0.05, 0.1) is 4.90 Å². The molecule has 0 bridgehead atoms. The standard InChI is InChI=1S/C19H23NO2S/c1-15(16-8-4-3-5-9-16)20(2)23(21,22)19-13-12-17-10-6-7-11-18(17)14-19/h3-5,8-9,12-15H,6-7,10-11H2,1-2H3/t15-/m0/s1. The quantitative estimate of drug-likeness (QED) is 0.852. The number of hydrogen-bond donors (Lipinski definition) is 0. The highest BCUT2D eigenvalue weighted by Gasteiger charge is 2.27. The third kappa shape index (κ3) is 3.19. The molecule has 23 heavy (non-hydrogen) atoms. The normalized spacial score (nSPS) is 16.1. The number of aryl methyl sites for hydroxylation is 2. The van der Waals surface area contributed by atoms with Gasteiger partial charge in [-0.1, -0.05) is 36.4 Å². The topological polar surface area (TPSA) is 37.4 Å². The van der Waals surface area contributed by atoms with Crippen molar-refractivity contribution in [3.63, 3.8) is 0 Å². The molecule has 0 amide bonds. The summed E-state index contributed by atoms with van der Waals surface area (Å²) in [5, 5.41) is 0. The first-order valence-corrected chi connectivity index (χ1v) is 9.59. The van der Waals surface area contributed by atoms with E-state index in [1.807, 2.05) is 49.4 Å². The third-order valence-corrected chi connectivity index (χ3v) is 6.75. The zero-order valence-corrected chi connectivity index (χ0v) is 14.5. The molecule has 0 aliphatic heterocycles. The summed E-state index contributed by atoms with van der Waals surface area (Å²) in [4.78, 5) is 0.406. The van der Waals surface area contributed by atoms with Gasteiger partial charge in [-0.05, 0) is 61.4 Å². The summed E-state index contributed by atoms with van der Waals surface area (Å²) in [5.41, 5.74) is 3.49. The maximum atomic E-state index is 13.0. The molecule has 0 unspecified atom stereocenters. The van der Waals surface area contributed by atoms with E-state index in [0.29, 0.717) is 4.90 Å². The van der Waals surface area contributed by atoms with Crippen LogP contribution in [0.2, 0.25) is 0 Å². The lowest BCUT2D eigenvalue weighted by Gasteiger charge is -2.25. The second-order valence-electron chi connectivity index (χ2n) is 6.25. The second kappa shape index (κ2) is 6.46. The van der Waals surface area contributed by atoms with Crippen molar-refractivity contribution >= 4 is 10.0 Å². The van der Waals surface area contributed by atoms with E-state index >= 15 is 0 Å². The predicted molar refractivity (Wildman–Crippen MR) is 92.9 cm³/mol. The molecule has 2 aromatic carbocycles. The molecule has 0 N–H and O–H groups in total. The Balaban J connectivity index is 1.91. The summed E-state index contributed by atoms with van der Waals surface area (Å²) in [6.45, 7) is 1.92. The Morgan fingerprint density at radius 1 is 0.957 bits per heavy atom. The first-order valence-electron chi connectivity index (χ1n) is 8.15. The van der Waals surface area contributed by atoms with E-state index in [9.17, 15) is 8.42 Å². The number of rotatable bonds is 4. The van der Waals surface area contributed by atoms with Crippen LogP contribution in [-0.2, 0) is 22.9 Å². The smallest absolute Gasteiger partial charge is 0.207 e. The Bertz CT molecular complexity index is 784. The molecule has 4 heteroatoms. The fraction of sp³-hybridized carbons (Fsp3) is 0.368. The van der Waals surface area contributed by atoms with Crippen molar-refractivity contribution in [1.29, 1.82) is 0 Å². The summed E-state index contributed by atoms with van der Waals surface area (Å²) < 4.78 is 27.4. The van der Waals surface area contributed by atoms with Gasteiger partial charge in [-0.15, -0.1) is 0 Å². The number of fused-ring (bicyclic) bond motifs is 1. The lowest BCUT2D eigenvalue weighted by molar-refractivity contribution is 0.398. The molecule has 0 radical (unpaired) electrons. The zero-order valence-electron chi connectivity index (χ0n) is 13.7. The van der Waals surface area contributed by atoms with Crippen LogP contribution < -0.4 is 0 Å². The van der Waals surface area contributed by atoms with Crippen LogP contribution in [0.4, 0.5) is 0 Å². The average Bonchev–Trinajstić information content (AvgIpc) is 2.60. The monoisotopic (exact) mass is 329 g/mol. The van der Waals surface area contributed by atoms with Crippen molar-refractivity contribution in [1.82, 2.24) is 4.31 Å². The van der Waals surface area contributed by atoms with Crippen molar-refractivity contribution in [2.24, 2.45) is 0 Å². The SMILES string of the molecule is C[C@@H](c1ccccc1)N(C)S(=O)(=O)c1ccc2c(c1)CCCC2. The molecule has 3 nitrogen and oxygen atoms in total. The molecule has 0 aromatic heterocycles. The fourth-order valence-electron chi connectivity index (χ4n) is 3.19. The molecule has 0 saturated heterocycles. The average molecular weight is 329 g/mol. The molecule has 0 spiro atoms. The fourth-order valence-corrected chi connectivity index (χ4v) is 4.59. The van der Waals surface area contributed by atoms with Gasteiger partial charge in [0.25, 0.3) is 0 Å². The van der Waals surface area contributed by atoms with E-state index in [2.05, 4.69) is 0 Å². The first kappa shape index (κ1) is 16.2. The Labute approximate surface area is 139 Å². The number of benzene rings is 2. The van der Waals surface area contributed by atoms with Crippen molar-refractivity contribution in [3.05, 3.63) is 65.2 Å². The molecule has 0 fully saturated rings. The molecule has 1 atom stereocenters. The highest BCUT2D eigenvalue weighted by Crippen LogP contribution is 2.29. The van der Waals surface area contributed by atoms with Gasteiger partial charge < -0.3 is 0 Å². The van der Waals surface area contributed by atoms with Gasteiger partial charge >= 0.3 is 0 Å². The summed E-state index contributed by atoms with van der Waals surface area (Å²) in [5.74, 6) is 0. The highest BCUT2D eigenvalue weighted by atomic mass is 32.2. The van der Waals surface area contributed by atoms with Crippen LogP contribution in [0.25, 0.3) is 0 Å². The molecule has 1 aliphatic rings. The van der Waals surface area contributed by atoms with E-state index in [-0.39, 0.29) is 6.04 Å². The molecule has 122 valence electrons. The molecule has 2 aromatic rings. The first-order chi connectivity index (χ1) is 11.0. The zero-order chi connectivity index (χ0) is 16.4. The lowest BCUT2D eigenvalue weighted by Crippen LogP contribution is -2.30. The van der Waals surface area contributed by atoms with Gasteiger partial charge in [0, 0.05) is 13.1 Å². The Kier molecular flexibility index (Phi) is 4.55. The van der Waals surface area contributed by atoms with E-state index in [0.717, 1.165) is 24.8 Å². The lowest BCUT2D eigenvalue weighted by atomic mass is 9.92. The number of sulfonamides is 1. The summed E-state index contributed by atoms with van der Waals surface area (Å²) in [7, 11) is -1.83. The Morgan fingerprint density at radius 3 is 2.30 bits per heavy atom. The van der Waals surface area contributed by atoms with E-state index in [1.54, 1.807) is 13.1 Å². The van der Waals surface area contributed by atoms with Crippen LogP contribution in [-0.4, -0.2) is 19.8 Å². The van der Waals surface area contributed by atoms with Gasteiger partial charge in [0.1, 0.15) is 0 Å². The summed E-state index contributed by atoms with van der Waals surface area (Å²) >= 11 is 0. The van der Waals surface area contributed by atoms with Crippen molar-refractivity contribution in [2.75, 3.05) is 7.05 Å². The maximum Gasteiger partial charge on any atom is 0.243 e. The molecule has 1 aliphatic carbocycles. The molecule has 0 heterocycles. The Hall–Kier alpha value is -1.65. The van der Waals surface area contributed by atoms with E-state index in [1.165, 1.54) is 21.9 Å². The van der Waals surface area contributed by atoms with E-state index in [4.69, 9.17) is 0 Å². The maximum absolute atomic E-state index is 13.0. The molecule has 0 saturated carbocycles. The van der Waals surface area contributed by atoms with Crippen LogP contribution in [0, 0.1) is 0 Å². The minimum Gasteiger partial charge on any atom is -0.207 e. The highest BCUT2D eigenvalue weighted by molar-refractivity contribution is 7.89. The van der Waals surface area contributed by atoms with Crippen LogP contribution in [0.15, 0.2) is 53.4 Å². The largest absolute Gasteiger partial charge is 0.243 e. The van der Waals surface area contributed by atoms with Gasteiger partial charge in [-0.25, -0.2) is 8.42 Å².